The molecule has 0 unspecified atom stereocenters. The Bertz CT molecular complexity index is 1320. The van der Waals surface area contributed by atoms with Crippen molar-refractivity contribution in [3.8, 4) is 45.9 Å². The van der Waals surface area contributed by atoms with E-state index in [2.05, 4.69) is 9.97 Å². The van der Waals surface area contributed by atoms with E-state index in [9.17, 15) is 9.59 Å². The molecule has 0 aliphatic rings. The molecule has 0 saturated heterocycles. The molecule has 0 saturated carbocycles. The first-order valence-corrected chi connectivity index (χ1v) is 11.5. The monoisotopic (exact) mass is 520 g/mol. The van der Waals surface area contributed by atoms with Crippen molar-refractivity contribution in [1.29, 1.82) is 0 Å². The van der Waals surface area contributed by atoms with Crippen molar-refractivity contribution in [3.05, 3.63) is 71.0 Å². The highest BCUT2D eigenvalue weighted by molar-refractivity contribution is 6.10. The molecule has 2 aromatic heterocycles. The summed E-state index contributed by atoms with van der Waals surface area (Å²) in [6.07, 6.45) is 0. The molecule has 0 aliphatic carbocycles. The van der Waals surface area contributed by atoms with E-state index in [1.54, 1.807) is 48.5 Å². The summed E-state index contributed by atoms with van der Waals surface area (Å²) in [6, 6.07) is 13.2. The molecule has 10 heteroatoms. The topological polar surface area (TPSA) is 121 Å². The Morgan fingerprint density at radius 3 is 1.08 bits per heavy atom. The van der Waals surface area contributed by atoms with Crippen molar-refractivity contribution in [2.75, 3.05) is 42.7 Å². The minimum atomic E-state index is -0.268. The van der Waals surface area contributed by atoms with Gasteiger partial charge in [-0.3, -0.25) is 9.59 Å². The molecule has 0 spiro atoms. The Kier molecular flexibility index (Phi) is 7.61. The maximum Gasteiger partial charge on any atom is 0.209 e. The number of rotatable bonds is 11. The lowest BCUT2D eigenvalue weighted by molar-refractivity contribution is 0.102. The van der Waals surface area contributed by atoms with Crippen molar-refractivity contribution < 1.29 is 38.0 Å². The van der Waals surface area contributed by atoms with Gasteiger partial charge in [0.2, 0.25) is 23.1 Å². The third-order valence-electron chi connectivity index (χ3n) is 6.01. The second-order valence-electron chi connectivity index (χ2n) is 8.06. The van der Waals surface area contributed by atoms with Crippen LogP contribution in [0.4, 0.5) is 0 Å². The molecule has 2 N–H and O–H groups in total. The molecule has 0 amide bonds. The van der Waals surface area contributed by atoms with E-state index in [0.717, 1.165) is 0 Å². The van der Waals surface area contributed by atoms with Gasteiger partial charge in [-0.1, -0.05) is 0 Å². The van der Waals surface area contributed by atoms with E-state index in [0.29, 0.717) is 68.4 Å². The minimum Gasteiger partial charge on any atom is -0.493 e. The van der Waals surface area contributed by atoms with Crippen LogP contribution >= 0.6 is 0 Å². The van der Waals surface area contributed by atoms with Crippen LogP contribution in [0.2, 0.25) is 0 Å². The molecule has 0 bridgehead atoms. The summed E-state index contributed by atoms with van der Waals surface area (Å²) in [5.41, 5.74) is 2.67. The van der Waals surface area contributed by atoms with E-state index in [1.807, 2.05) is 0 Å². The van der Waals surface area contributed by atoms with Gasteiger partial charge in [0.15, 0.2) is 23.0 Å². The molecule has 0 aliphatic heterocycles. The van der Waals surface area contributed by atoms with Crippen LogP contribution in [0.1, 0.15) is 32.1 Å². The smallest absolute Gasteiger partial charge is 0.209 e. The third kappa shape index (κ3) is 4.75. The van der Waals surface area contributed by atoms with Crippen molar-refractivity contribution in [2.24, 2.45) is 0 Å². The summed E-state index contributed by atoms with van der Waals surface area (Å²) in [6.45, 7) is 0. The van der Waals surface area contributed by atoms with Gasteiger partial charge in [-0.15, -0.1) is 0 Å². The quantitative estimate of drug-likeness (QED) is 0.277. The highest BCUT2D eigenvalue weighted by Gasteiger charge is 2.21. The van der Waals surface area contributed by atoms with Crippen molar-refractivity contribution in [1.82, 2.24) is 9.97 Å². The zero-order valence-corrected chi connectivity index (χ0v) is 21.9. The number of nitrogens with one attached hydrogen (secondary N) is 2. The van der Waals surface area contributed by atoms with Crippen molar-refractivity contribution in [2.45, 2.75) is 0 Å². The molecule has 0 radical (unpaired) electrons. The van der Waals surface area contributed by atoms with Gasteiger partial charge in [0, 0.05) is 11.1 Å². The van der Waals surface area contributed by atoms with E-state index < -0.39 is 0 Å². The number of carbonyl (C=O) groups excluding carboxylic acids is 2. The summed E-state index contributed by atoms with van der Waals surface area (Å²) in [5.74, 6) is 1.76. The number of benzene rings is 2. The average molecular weight is 521 g/mol. The lowest BCUT2D eigenvalue weighted by Crippen LogP contribution is -2.05. The number of aromatic amines is 2. The number of H-pyrrole nitrogens is 2. The van der Waals surface area contributed by atoms with Crippen LogP contribution in [0.25, 0.3) is 11.4 Å². The number of ketones is 2. The lowest BCUT2D eigenvalue weighted by Gasteiger charge is -2.13. The van der Waals surface area contributed by atoms with E-state index in [1.165, 1.54) is 42.7 Å². The molecule has 0 atom stereocenters. The van der Waals surface area contributed by atoms with Crippen LogP contribution in [-0.4, -0.2) is 64.2 Å². The maximum atomic E-state index is 13.2. The normalized spacial score (nSPS) is 10.6. The number of methoxy groups -OCH3 is 6. The Morgan fingerprint density at radius 2 is 0.816 bits per heavy atom. The summed E-state index contributed by atoms with van der Waals surface area (Å²) in [7, 11) is 8.94. The lowest BCUT2D eigenvalue weighted by atomic mass is 10.1. The second kappa shape index (κ2) is 11.0. The molecule has 10 nitrogen and oxygen atoms in total. The third-order valence-corrected chi connectivity index (χ3v) is 6.01. The fourth-order valence-corrected chi connectivity index (χ4v) is 4.10. The number of aromatic nitrogens is 2. The Morgan fingerprint density at radius 1 is 0.500 bits per heavy atom. The Hall–Kier alpha value is -4.86. The van der Waals surface area contributed by atoms with Crippen LogP contribution in [0.15, 0.2) is 48.5 Å². The first kappa shape index (κ1) is 26.2. The van der Waals surface area contributed by atoms with Gasteiger partial charge in [-0.05, 0) is 48.5 Å². The van der Waals surface area contributed by atoms with Crippen molar-refractivity contribution in [3.63, 3.8) is 0 Å². The van der Waals surface area contributed by atoms with E-state index in [4.69, 9.17) is 28.4 Å². The van der Waals surface area contributed by atoms with Crippen molar-refractivity contribution >= 4 is 11.6 Å². The summed E-state index contributed by atoms with van der Waals surface area (Å²) in [5, 5.41) is 0. The van der Waals surface area contributed by atoms with E-state index in [-0.39, 0.29) is 11.6 Å². The van der Waals surface area contributed by atoms with Gasteiger partial charge in [0.05, 0.1) is 65.4 Å². The summed E-state index contributed by atoms with van der Waals surface area (Å²) in [4.78, 5) is 32.7. The molecular formula is C28H28N2O8. The highest BCUT2D eigenvalue weighted by atomic mass is 16.5. The van der Waals surface area contributed by atoms with E-state index >= 15 is 0 Å². The van der Waals surface area contributed by atoms with Gasteiger partial charge >= 0.3 is 0 Å². The molecule has 2 aromatic carbocycles. The van der Waals surface area contributed by atoms with Gasteiger partial charge in [0.25, 0.3) is 0 Å². The molecule has 4 rings (SSSR count). The zero-order chi connectivity index (χ0) is 27.4. The molecule has 0 fully saturated rings. The summed E-state index contributed by atoms with van der Waals surface area (Å²) < 4.78 is 32.1. The second-order valence-corrected chi connectivity index (χ2v) is 8.06. The first-order chi connectivity index (χ1) is 18.4. The van der Waals surface area contributed by atoms with Gasteiger partial charge in [-0.2, -0.15) is 0 Å². The molecule has 38 heavy (non-hydrogen) atoms. The van der Waals surface area contributed by atoms with Crippen LogP contribution in [-0.2, 0) is 0 Å². The van der Waals surface area contributed by atoms with Gasteiger partial charge in [-0.25, -0.2) is 0 Å². The first-order valence-electron chi connectivity index (χ1n) is 11.5. The fourth-order valence-electron chi connectivity index (χ4n) is 4.10. The van der Waals surface area contributed by atoms with Crippen LogP contribution in [0.3, 0.4) is 0 Å². The predicted molar refractivity (Wildman–Crippen MR) is 140 cm³/mol. The van der Waals surface area contributed by atoms with Gasteiger partial charge < -0.3 is 38.4 Å². The number of ether oxygens (including phenoxy) is 6. The van der Waals surface area contributed by atoms with Crippen LogP contribution < -0.4 is 28.4 Å². The van der Waals surface area contributed by atoms with Crippen LogP contribution in [0, 0.1) is 0 Å². The zero-order valence-electron chi connectivity index (χ0n) is 21.9. The average Bonchev–Trinajstić information content (AvgIpc) is 3.65. The molecular weight excluding hydrogens is 492 g/mol. The largest absolute Gasteiger partial charge is 0.493 e. The van der Waals surface area contributed by atoms with Crippen LogP contribution in [0.5, 0.6) is 34.5 Å². The Balaban J connectivity index is 1.61. The maximum absolute atomic E-state index is 13.2. The number of carbonyl (C=O) groups is 2. The fraction of sp³-hybridized carbons (Fsp3) is 0.214. The van der Waals surface area contributed by atoms with Gasteiger partial charge in [0.1, 0.15) is 0 Å². The molecule has 4 aromatic rings. The number of hydrogen-bond donors (Lipinski definition) is 2. The molecule has 198 valence electrons. The number of hydrogen-bond acceptors (Lipinski definition) is 8. The molecule has 2 heterocycles. The SMILES string of the molecule is COc1cc(C(=O)c2ccc(-c3ccc(C(=O)c4cc(OC)c(OC)c(OC)c4)[nH]3)[nH]2)cc(OC)c1OC. The standard InChI is InChI=1S/C28H28N2O8/c1-33-21-11-15(12-22(34-2)27(21)37-5)25(31)19-9-7-17(29-19)18-8-10-20(30-18)26(32)16-13-23(35-3)28(38-6)24(14-16)36-4/h7-14,29-30H,1-6H3. The minimum absolute atomic E-state index is 0.268. The summed E-state index contributed by atoms with van der Waals surface area (Å²) >= 11 is 0. The highest BCUT2D eigenvalue weighted by Crippen LogP contribution is 2.40. The Labute approximate surface area is 219 Å². The predicted octanol–water partition coefficient (Wildman–Crippen LogP) is 4.52.